The number of amides is 1. The van der Waals surface area contributed by atoms with Crippen molar-refractivity contribution in [3.05, 3.63) is 0 Å². The van der Waals surface area contributed by atoms with Crippen LogP contribution in [0.4, 0.5) is 0 Å². The molecule has 15 heavy (non-hydrogen) atoms. The minimum Gasteiger partial charge on any atom is -0.448 e. The molecule has 0 unspecified atom stereocenters. The summed E-state index contributed by atoms with van der Waals surface area (Å²) in [4.78, 5) is 23.5. The van der Waals surface area contributed by atoms with Crippen LogP contribution in [0.1, 0.15) is 33.6 Å². The van der Waals surface area contributed by atoms with Crippen molar-refractivity contribution in [2.45, 2.75) is 39.2 Å². The van der Waals surface area contributed by atoms with E-state index in [1.807, 2.05) is 20.8 Å². The molecule has 1 heterocycles. The molecule has 0 aromatic carbocycles. The Morgan fingerprint density at radius 2 is 2.00 bits per heavy atom. The Bertz CT molecular complexity index is 353. The van der Waals surface area contributed by atoms with E-state index in [1.165, 1.54) is 0 Å². The lowest BCUT2D eigenvalue weighted by Gasteiger charge is -2.34. The summed E-state index contributed by atoms with van der Waals surface area (Å²) in [5.74, 6) is 4.46. The van der Waals surface area contributed by atoms with Crippen molar-refractivity contribution >= 4 is 11.9 Å². The normalized spacial score (nSPS) is 41.5. The van der Waals surface area contributed by atoms with Crippen LogP contribution in [-0.4, -0.2) is 17.5 Å². The van der Waals surface area contributed by atoms with Gasteiger partial charge in [0.15, 0.2) is 5.60 Å². The van der Waals surface area contributed by atoms with Gasteiger partial charge in [0.1, 0.15) is 0 Å². The lowest BCUT2D eigenvalue weighted by Crippen LogP contribution is -2.55. The number of nitrogens with one attached hydrogen (secondary N) is 1. The summed E-state index contributed by atoms with van der Waals surface area (Å²) in [7, 11) is 0. The SMILES string of the molecule is CC1(C)[C@@]2(C)CC[C@]1(C(=O)NN)OC2=O. The average Bonchev–Trinajstić information content (AvgIpc) is 2.47. The zero-order chi connectivity index (χ0) is 11.5. The van der Waals surface area contributed by atoms with Gasteiger partial charge in [0.05, 0.1) is 5.41 Å². The Labute approximate surface area is 88.3 Å². The predicted octanol–water partition coefficient (Wildman–Crippen LogP) is 0.0982. The molecule has 5 nitrogen and oxygen atoms in total. The topological polar surface area (TPSA) is 81.4 Å². The van der Waals surface area contributed by atoms with Crippen molar-refractivity contribution in [1.29, 1.82) is 0 Å². The fourth-order valence-corrected chi connectivity index (χ4v) is 2.86. The summed E-state index contributed by atoms with van der Waals surface area (Å²) in [5.41, 5.74) is -0.0565. The number of nitrogens with two attached hydrogens (primary N) is 1. The van der Waals surface area contributed by atoms with Crippen molar-refractivity contribution in [3.63, 3.8) is 0 Å². The van der Waals surface area contributed by atoms with E-state index in [1.54, 1.807) is 0 Å². The molecule has 1 saturated carbocycles. The Balaban J connectivity index is 2.54. The maximum absolute atomic E-state index is 11.8. The quantitative estimate of drug-likeness (QED) is 0.279. The molecule has 0 aromatic heterocycles. The number of carbonyl (C=O) groups excluding carboxylic acids is 2. The molecule has 0 spiro atoms. The van der Waals surface area contributed by atoms with Crippen LogP contribution in [-0.2, 0) is 14.3 Å². The van der Waals surface area contributed by atoms with E-state index in [0.717, 1.165) is 0 Å². The fraction of sp³-hybridized carbons (Fsp3) is 0.800. The monoisotopic (exact) mass is 212 g/mol. The first-order valence-corrected chi connectivity index (χ1v) is 5.06. The molecule has 2 atom stereocenters. The van der Waals surface area contributed by atoms with Crippen LogP contribution in [0, 0.1) is 10.8 Å². The predicted molar refractivity (Wildman–Crippen MR) is 52.3 cm³/mol. The van der Waals surface area contributed by atoms with Gasteiger partial charge in [0.25, 0.3) is 5.91 Å². The Kier molecular flexibility index (Phi) is 1.75. The van der Waals surface area contributed by atoms with Gasteiger partial charge >= 0.3 is 5.97 Å². The molecule has 1 aliphatic heterocycles. The Hall–Kier alpha value is -1.10. The first-order chi connectivity index (χ1) is 6.82. The lowest BCUT2D eigenvalue weighted by molar-refractivity contribution is -0.168. The number of rotatable bonds is 1. The first-order valence-electron chi connectivity index (χ1n) is 5.06. The fourth-order valence-electron chi connectivity index (χ4n) is 2.86. The van der Waals surface area contributed by atoms with Crippen molar-refractivity contribution in [2.75, 3.05) is 0 Å². The van der Waals surface area contributed by atoms with Gasteiger partial charge in [-0.05, 0) is 19.8 Å². The number of carbonyl (C=O) groups is 2. The molecule has 1 amide bonds. The number of ether oxygens (including phenoxy) is 1. The molecule has 2 bridgehead atoms. The molecule has 3 N–H and O–H groups in total. The van der Waals surface area contributed by atoms with Gasteiger partial charge in [-0.2, -0.15) is 0 Å². The van der Waals surface area contributed by atoms with Crippen LogP contribution in [0.2, 0.25) is 0 Å². The molecule has 5 heteroatoms. The zero-order valence-electron chi connectivity index (χ0n) is 9.22. The second-order valence-electron chi connectivity index (χ2n) is 5.15. The highest BCUT2D eigenvalue weighted by Crippen LogP contribution is 2.65. The van der Waals surface area contributed by atoms with Gasteiger partial charge in [-0.15, -0.1) is 0 Å². The Morgan fingerprint density at radius 1 is 1.40 bits per heavy atom. The van der Waals surface area contributed by atoms with E-state index in [0.29, 0.717) is 12.8 Å². The summed E-state index contributed by atoms with van der Waals surface area (Å²) >= 11 is 0. The molecule has 2 rings (SSSR count). The molecule has 0 radical (unpaired) electrons. The summed E-state index contributed by atoms with van der Waals surface area (Å²) in [6, 6.07) is 0. The summed E-state index contributed by atoms with van der Waals surface area (Å²) in [6.45, 7) is 5.63. The van der Waals surface area contributed by atoms with Crippen molar-refractivity contribution in [1.82, 2.24) is 5.43 Å². The third kappa shape index (κ3) is 0.833. The van der Waals surface area contributed by atoms with Crippen molar-refractivity contribution in [2.24, 2.45) is 16.7 Å². The van der Waals surface area contributed by atoms with E-state index in [9.17, 15) is 9.59 Å². The van der Waals surface area contributed by atoms with Crippen LogP contribution >= 0.6 is 0 Å². The van der Waals surface area contributed by atoms with E-state index >= 15 is 0 Å². The first kappa shape index (κ1) is 10.4. The highest BCUT2D eigenvalue weighted by atomic mass is 16.6. The second kappa shape index (κ2) is 2.52. The number of hydrogen-bond donors (Lipinski definition) is 2. The van der Waals surface area contributed by atoms with Crippen molar-refractivity contribution in [3.8, 4) is 0 Å². The van der Waals surface area contributed by atoms with Gasteiger partial charge < -0.3 is 4.74 Å². The highest BCUT2D eigenvalue weighted by molar-refractivity contribution is 5.95. The van der Waals surface area contributed by atoms with Crippen LogP contribution in [0.5, 0.6) is 0 Å². The van der Waals surface area contributed by atoms with Gasteiger partial charge in [-0.25, -0.2) is 5.84 Å². The van der Waals surface area contributed by atoms with Crippen LogP contribution < -0.4 is 11.3 Å². The number of esters is 1. The van der Waals surface area contributed by atoms with E-state index in [4.69, 9.17) is 10.6 Å². The number of hydrogen-bond acceptors (Lipinski definition) is 4. The van der Waals surface area contributed by atoms with E-state index in [2.05, 4.69) is 5.43 Å². The van der Waals surface area contributed by atoms with Crippen LogP contribution in [0.25, 0.3) is 0 Å². The minimum atomic E-state index is -1.08. The lowest BCUT2D eigenvalue weighted by atomic mass is 9.66. The highest BCUT2D eigenvalue weighted by Gasteiger charge is 2.75. The van der Waals surface area contributed by atoms with Crippen LogP contribution in [0.3, 0.4) is 0 Å². The maximum atomic E-state index is 11.8. The average molecular weight is 212 g/mol. The van der Waals surface area contributed by atoms with E-state index < -0.39 is 22.3 Å². The molecule has 2 aliphatic rings. The summed E-state index contributed by atoms with van der Waals surface area (Å²) < 4.78 is 5.29. The molecule has 1 saturated heterocycles. The largest absolute Gasteiger partial charge is 0.448 e. The minimum absolute atomic E-state index is 0.289. The van der Waals surface area contributed by atoms with Crippen molar-refractivity contribution < 1.29 is 14.3 Å². The molecular formula is C10H16N2O3. The third-order valence-electron chi connectivity index (χ3n) is 4.58. The summed E-state index contributed by atoms with van der Waals surface area (Å²) in [6.07, 6.45) is 1.22. The molecule has 1 aliphatic carbocycles. The zero-order valence-corrected chi connectivity index (χ0v) is 9.22. The number of fused-ring (bicyclic) bond motifs is 2. The van der Waals surface area contributed by atoms with Gasteiger partial charge in [-0.1, -0.05) is 13.8 Å². The van der Waals surface area contributed by atoms with E-state index in [-0.39, 0.29) is 5.97 Å². The van der Waals surface area contributed by atoms with Crippen LogP contribution in [0.15, 0.2) is 0 Å². The Morgan fingerprint density at radius 3 is 2.33 bits per heavy atom. The standard InChI is InChI=1S/C10H16N2O3/c1-8(2)9(3)4-5-10(8,6(13)12-11)15-7(9)14/h4-5,11H2,1-3H3,(H,12,13)/t9-,10+/m0/s1. The second-order valence-corrected chi connectivity index (χ2v) is 5.15. The molecule has 0 aromatic rings. The molecular weight excluding hydrogens is 196 g/mol. The number of hydrazine groups is 1. The van der Waals surface area contributed by atoms with Gasteiger partial charge in [0, 0.05) is 5.41 Å². The summed E-state index contributed by atoms with van der Waals surface area (Å²) in [5, 5.41) is 0. The van der Waals surface area contributed by atoms with Gasteiger partial charge in [-0.3, -0.25) is 15.0 Å². The van der Waals surface area contributed by atoms with Gasteiger partial charge in [0.2, 0.25) is 0 Å². The third-order valence-corrected chi connectivity index (χ3v) is 4.58. The maximum Gasteiger partial charge on any atom is 0.313 e. The molecule has 84 valence electrons. The smallest absolute Gasteiger partial charge is 0.313 e. The molecule has 2 fully saturated rings.